The summed E-state index contributed by atoms with van der Waals surface area (Å²) >= 11 is 0. The first-order chi connectivity index (χ1) is 12.8. The second-order valence-corrected chi connectivity index (χ2v) is 7.08. The molecule has 136 valence electrons. The zero-order valence-electron chi connectivity index (χ0n) is 15.5. The van der Waals surface area contributed by atoms with Gasteiger partial charge in [-0.1, -0.05) is 19.8 Å². The van der Waals surface area contributed by atoms with Crippen molar-refractivity contribution in [3.63, 3.8) is 0 Å². The van der Waals surface area contributed by atoms with Crippen molar-refractivity contribution < 1.29 is 4.74 Å². The second-order valence-electron chi connectivity index (χ2n) is 7.08. The van der Waals surface area contributed by atoms with Gasteiger partial charge in [0.1, 0.15) is 0 Å². The summed E-state index contributed by atoms with van der Waals surface area (Å²) in [5.74, 6) is 1.26. The number of nitriles is 1. The van der Waals surface area contributed by atoms with E-state index in [1.807, 2.05) is 24.5 Å². The summed E-state index contributed by atoms with van der Waals surface area (Å²) in [5, 5.41) is 8.88. The fourth-order valence-electron chi connectivity index (χ4n) is 3.56. The number of benzene rings is 1. The van der Waals surface area contributed by atoms with Crippen molar-refractivity contribution in [2.24, 2.45) is 0 Å². The van der Waals surface area contributed by atoms with Gasteiger partial charge >= 0.3 is 0 Å². The molecule has 0 saturated heterocycles. The van der Waals surface area contributed by atoms with Crippen LogP contribution in [0.2, 0.25) is 0 Å². The van der Waals surface area contributed by atoms with Crippen molar-refractivity contribution in [2.75, 3.05) is 6.61 Å². The molecule has 0 unspecified atom stereocenters. The number of nitrogens with zero attached hydrogens (tertiary/aromatic N) is 3. The quantitative estimate of drug-likeness (QED) is 0.641. The van der Waals surface area contributed by atoms with Gasteiger partial charge in [-0.2, -0.15) is 5.26 Å². The van der Waals surface area contributed by atoms with Crippen LogP contribution in [-0.4, -0.2) is 22.7 Å². The van der Waals surface area contributed by atoms with Gasteiger partial charge in [0.2, 0.25) is 0 Å². The molecule has 0 radical (unpaired) electrons. The van der Waals surface area contributed by atoms with Crippen LogP contribution in [0.25, 0.3) is 11.4 Å². The lowest BCUT2D eigenvalue weighted by atomic mass is 9.84. The summed E-state index contributed by atoms with van der Waals surface area (Å²) in [4.78, 5) is 9.09. The molecular formula is C22H27N3O. The maximum atomic E-state index is 8.88. The standard InChI is InChI=1S/C22H27N3O/c1-2-3-4-13-26-21-11-9-18(10-12-21)20-15-24-22(25-16-20)19-7-5-17(14-23)6-8-19/h5-8,15-16,18,21H,2-4,9-13H2,1H3/t18-,21-. The van der Waals surface area contributed by atoms with Crippen molar-refractivity contribution in [3.8, 4) is 17.5 Å². The van der Waals surface area contributed by atoms with E-state index in [-0.39, 0.29) is 0 Å². The summed E-state index contributed by atoms with van der Waals surface area (Å²) < 4.78 is 6.01. The lowest BCUT2D eigenvalue weighted by molar-refractivity contribution is 0.0227. The van der Waals surface area contributed by atoms with E-state index in [9.17, 15) is 0 Å². The van der Waals surface area contributed by atoms with Gasteiger partial charge in [-0.25, -0.2) is 9.97 Å². The highest BCUT2D eigenvalue weighted by molar-refractivity contribution is 5.56. The van der Waals surface area contributed by atoms with Crippen LogP contribution in [-0.2, 0) is 4.74 Å². The summed E-state index contributed by atoms with van der Waals surface area (Å²) in [7, 11) is 0. The molecule has 1 fully saturated rings. The van der Waals surface area contributed by atoms with E-state index in [0.717, 1.165) is 37.9 Å². The monoisotopic (exact) mass is 349 g/mol. The van der Waals surface area contributed by atoms with Gasteiger partial charge in [0, 0.05) is 24.6 Å². The molecule has 3 rings (SSSR count). The van der Waals surface area contributed by atoms with Crippen molar-refractivity contribution in [1.29, 1.82) is 5.26 Å². The zero-order valence-corrected chi connectivity index (χ0v) is 15.5. The molecule has 0 aliphatic heterocycles. The maximum absolute atomic E-state index is 8.88. The van der Waals surface area contributed by atoms with Crippen LogP contribution >= 0.6 is 0 Å². The van der Waals surface area contributed by atoms with Gasteiger partial charge in [-0.3, -0.25) is 0 Å². The molecule has 0 spiro atoms. The number of hydrogen-bond donors (Lipinski definition) is 0. The highest BCUT2D eigenvalue weighted by Crippen LogP contribution is 2.33. The Bertz CT molecular complexity index is 711. The third-order valence-corrected chi connectivity index (χ3v) is 5.19. The first-order valence-corrected chi connectivity index (χ1v) is 9.74. The van der Waals surface area contributed by atoms with E-state index >= 15 is 0 Å². The summed E-state index contributed by atoms with van der Waals surface area (Å²) in [6.45, 7) is 3.13. The van der Waals surface area contributed by atoms with Gasteiger partial charge in [0.25, 0.3) is 0 Å². The number of rotatable bonds is 7. The van der Waals surface area contributed by atoms with E-state index in [1.165, 1.54) is 24.8 Å². The highest BCUT2D eigenvalue weighted by Gasteiger charge is 2.23. The molecule has 1 aromatic heterocycles. The molecular weight excluding hydrogens is 322 g/mol. The average molecular weight is 349 g/mol. The number of unbranched alkanes of at least 4 members (excludes halogenated alkanes) is 2. The summed E-state index contributed by atoms with van der Waals surface area (Å²) in [5.41, 5.74) is 2.82. The van der Waals surface area contributed by atoms with Crippen LogP contribution < -0.4 is 0 Å². The van der Waals surface area contributed by atoms with Gasteiger partial charge in [-0.05, 0) is 67.9 Å². The van der Waals surface area contributed by atoms with Gasteiger partial charge in [0.15, 0.2) is 5.82 Å². The first-order valence-electron chi connectivity index (χ1n) is 9.74. The molecule has 4 heteroatoms. The third-order valence-electron chi connectivity index (χ3n) is 5.19. The van der Waals surface area contributed by atoms with Crippen molar-refractivity contribution in [3.05, 3.63) is 47.8 Å². The lowest BCUT2D eigenvalue weighted by Gasteiger charge is -2.28. The Labute approximate surface area is 156 Å². The second kappa shape index (κ2) is 9.45. The molecule has 1 aromatic carbocycles. The predicted octanol–water partition coefficient (Wildman–Crippen LogP) is 5.25. The van der Waals surface area contributed by atoms with E-state index in [2.05, 4.69) is 23.0 Å². The minimum Gasteiger partial charge on any atom is -0.378 e. The van der Waals surface area contributed by atoms with Crippen LogP contribution in [0, 0.1) is 11.3 Å². The van der Waals surface area contributed by atoms with Crippen molar-refractivity contribution in [2.45, 2.75) is 63.9 Å². The minimum absolute atomic E-state index is 0.432. The smallest absolute Gasteiger partial charge is 0.159 e. The Kier molecular flexibility index (Phi) is 6.74. The molecule has 0 N–H and O–H groups in total. The minimum atomic E-state index is 0.432. The number of hydrogen-bond acceptors (Lipinski definition) is 4. The summed E-state index contributed by atoms with van der Waals surface area (Å²) in [6, 6.07) is 9.52. The van der Waals surface area contributed by atoms with Crippen LogP contribution in [0.15, 0.2) is 36.7 Å². The van der Waals surface area contributed by atoms with E-state index in [0.29, 0.717) is 23.4 Å². The Hall–Kier alpha value is -2.25. The average Bonchev–Trinajstić information content (AvgIpc) is 2.72. The third kappa shape index (κ3) is 4.89. The molecule has 0 bridgehead atoms. The Morgan fingerprint density at radius 1 is 1.04 bits per heavy atom. The Balaban J connectivity index is 1.52. The Morgan fingerprint density at radius 2 is 1.73 bits per heavy atom. The van der Waals surface area contributed by atoms with Crippen LogP contribution in [0.3, 0.4) is 0 Å². The zero-order chi connectivity index (χ0) is 18.2. The van der Waals surface area contributed by atoms with Crippen molar-refractivity contribution >= 4 is 0 Å². The maximum Gasteiger partial charge on any atom is 0.159 e. The van der Waals surface area contributed by atoms with Gasteiger partial charge in [0.05, 0.1) is 17.7 Å². The van der Waals surface area contributed by atoms with Crippen LogP contribution in [0.5, 0.6) is 0 Å². The topological polar surface area (TPSA) is 58.8 Å². The Morgan fingerprint density at radius 3 is 2.35 bits per heavy atom. The molecule has 1 aliphatic rings. The molecule has 4 nitrogen and oxygen atoms in total. The highest BCUT2D eigenvalue weighted by atomic mass is 16.5. The molecule has 0 atom stereocenters. The largest absolute Gasteiger partial charge is 0.378 e. The SMILES string of the molecule is CCCCCO[C@H]1CC[C@H](c2cnc(-c3ccc(C#N)cc3)nc2)CC1. The molecule has 1 saturated carbocycles. The van der Waals surface area contributed by atoms with E-state index in [4.69, 9.17) is 10.00 Å². The summed E-state index contributed by atoms with van der Waals surface area (Å²) in [6.07, 6.45) is 12.6. The fourth-order valence-corrected chi connectivity index (χ4v) is 3.56. The molecule has 0 amide bonds. The molecule has 1 heterocycles. The van der Waals surface area contributed by atoms with E-state index in [1.54, 1.807) is 12.1 Å². The molecule has 26 heavy (non-hydrogen) atoms. The molecule has 1 aliphatic carbocycles. The molecule has 2 aromatic rings. The lowest BCUT2D eigenvalue weighted by Crippen LogP contribution is -2.21. The predicted molar refractivity (Wildman–Crippen MR) is 103 cm³/mol. The normalized spacial score (nSPS) is 19.8. The number of ether oxygens (including phenoxy) is 1. The van der Waals surface area contributed by atoms with Crippen LogP contribution in [0.1, 0.15) is 68.9 Å². The van der Waals surface area contributed by atoms with Gasteiger partial charge in [-0.15, -0.1) is 0 Å². The van der Waals surface area contributed by atoms with Gasteiger partial charge < -0.3 is 4.74 Å². The number of aromatic nitrogens is 2. The fraction of sp³-hybridized carbons (Fsp3) is 0.500. The van der Waals surface area contributed by atoms with Crippen molar-refractivity contribution in [1.82, 2.24) is 9.97 Å². The van der Waals surface area contributed by atoms with E-state index < -0.39 is 0 Å². The first kappa shape index (κ1) is 18.5. The van der Waals surface area contributed by atoms with Crippen LogP contribution in [0.4, 0.5) is 0 Å².